The summed E-state index contributed by atoms with van der Waals surface area (Å²) < 4.78 is 19.2. The highest BCUT2D eigenvalue weighted by Gasteiger charge is 2.35. The molecule has 2 N–H and O–H groups in total. The number of hydrogen-bond acceptors (Lipinski definition) is 2. The molecule has 0 saturated carbocycles. The molecule has 4 nitrogen and oxygen atoms in total. The van der Waals surface area contributed by atoms with Gasteiger partial charge in [-0.3, -0.25) is 4.99 Å². The fraction of sp³-hybridized carbons (Fsp3) is 0.650. The van der Waals surface area contributed by atoms with E-state index in [1.165, 1.54) is 12.5 Å². The van der Waals surface area contributed by atoms with E-state index in [2.05, 4.69) is 36.4 Å². The molecule has 0 spiro atoms. The molecule has 1 aliphatic rings. The molecule has 2 rings (SSSR count). The minimum absolute atomic E-state index is 0.140. The Hall–Kier alpha value is -1.62. The summed E-state index contributed by atoms with van der Waals surface area (Å²) in [6.45, 7) is 9.14. The molecule has 0 bridgehead atoms. The number of halogens is 1. The molecule has 1 saturated heterocycles. The number of guanidine groups is 1. The normalized spacial score (nSPS) is 21.9. The van der Waals surface area contributed by atoms with Crippen LogP contribution in [-0.2, 0) is 11.2 Å². The van der Waals surface area contributed by atoms with Gasteiger partial charge < -0.3 is 15.4 Å². The van der Waals surface area contributed by atoms with Crippen molar-refractivity contribution in [1.82, 2.24) is 10.6 Å². The smallest absolute Gasteiger partial charge is 0.190 e. The molecule has 1 fully saturated rings. The summed E-state index contributed by atoms with van der Waals surface area (Å²) in [5, 5.41) is 6.73. The fourth-order valence-electron chi connectivity index (χ4n) is 3.48. The Bertz CT molecular complexity index is 568. The van der Waals surface area contributed by atoms with Crippen molar-refractivity contribution >= 4 is 5.96 Å². The van der Waals surface area contributed by atoms with Crippen LogP contribution in [0.1, 0.15) is 39.2 Å². The fourth-order valence-corrected chi connectivity index (χ4v) is 3.48. The summed E-state index contributed by atoms with van der Waals surface area (Å²) in [6.07, 6.45) is 3.31. The lowest BCUT2D eigenvalue weighted by Crippen LogP contribution is -2.47. The van der Waals surface area contributed by atoms with Crippen LogP contribution in [0.25, 0.3) is 0 Å². The van der Waals surface area contributed by atoms with Gasteiger partial charge in [0.1, 0.15) is 5.82 Å². The van der Waals surface area contributed by atoms with Crippen LogP contribution in [-0.4, -0.2) is 38.8 Å². The van der Waals surface area contributed by atoms with E-state index in [1.807, 2.05) is 6.07 Å². The summed E-state index contributed by atoms with van der Waals surface area (Å²) in [5.74, 6) is 1.08. The van der Waals surface area contributed by atoms with Crippen molar-refractivity contribution in [2.24, 2.45) is 16.3 Å². The molecule has 0 aromatic heterocycles. The minimum atomic E-state index is -0.189. The summed E-state index contributed by atoms with van der Waals surface area (Å²) in [6, 6.07) is 6.72. The van der Waals surface area contributed by atoms with Gasteiger partial charge in [-0.2, -0.15) is 0 Å². The zero-order valence-electron chi connectivity index (χ0n) is 15.9. The van der Waals surface area contributed by atoms with Gasteiger partial charge in [0.05, 0.1) is 6.10 Å². The molecule has 1 heterocycles. The van der Waals surface area contributed by atoms with Crippen LogP contribution in [0.15, 0.2) is 29.3 Å². The number of hydrogen-bond donors (Lipinski definition) is 2. The molecule has 5 heteroatoms. The van der Waals surface area contributed by atoms with Crippen molar-refractivity contribution in [3.63, 3.8) is 0 Å². The Kier molecular flexibility index (Phi) is 7.24. The van der Waals surface area contributed by atoms with E-state index >= 15 is 0 Å². The minimum Gasteiger partial charge on any atom is -0.377 e. The predicted molar refractivity (Wildman–Crippen MR) is 101 cm³/mol. The molecule has 2 atom stereocenters. The van der Waals surface area contributed by atoms with Gasteiger partial charge in [0, 0.05) is 32.7 Å². The maximum absolute atomic E-state index is 13.2. The Morgan fingerprint density at radius 1 is 1.32 bits per heavy atom. The number of ether oxygens (including phenoxy) is 1. The van der Waals surface area contributed by atoms with Crippen LogP contribution in [0.4, 0.5) is 4.39 Å². The molecule has 0 radical (unpaired) electrons. The predicted octanol–water partition coefficient (Wildman–Crippen LogP) is 3.37. The van der Waals surface area contributed by atoms with Crippen LogP contribution in [0, 0.1) is 17.2 Å². The first-order valence-electron chi connectivity index (χ1n) is 9.20. The standard InChI is InChI=1S/C20H32FN3O/c1-20(2,3)18-16(8-6-12-25-18)14-24-19(22-4)23-11-10-15-7-5-9-17(21)13-15/h5,7,9,13,16,18H,6,8,10-12,14H2,1-4H3,(H2,22,23,24). The van der Waals surface area contributed by atoms with Crippen molar-refractivity contribution in [2.75, 3.05) is 26.7 Å². The molecule has 25 heavy (non-hydrogen) atoms. The lowest BCUT2D eigenvalue weighted by Gasteiger charge is -2.40. The van der Waals surface area contributed by atoms with Gasteiger partial charge in [-0.15, -0.1) is 0 Å². The van der Waals surface area contributed by atoms with Crippen LogP contribution < -0.4 is 10.6 Å². The summed E-state index contributed by atoms with van der Waals surface area (Å²) in [7, 11) is 1.77. The second-order valence-electron chi connectivity index (χ2n) is 7.82. The van der Waals surface area contributed by atoms with E-state index in [0.717, 1.165) is 37.5 Å². The zero-order chi connectivity index (χ0) is 18.3. The summed E-state index contributed by atoms with van der Waals surface area (Å²) in [4.78, 5) is 4.29. The molecule has 2 unspecified atom stereocenters. The molecule has 1 aromatic rings. The van der Waals surface area contributed by atoms with E-state index in [9.17, 15) is 4.39 Å². The van der Waals surface area contributed by atoms with Crippen LogP contribution in [0.3, 0.4) is 0 Å². The van der Waals surface area contributed by atoms with E-state index in [4.69, 9.17) is 4.74 Å². The van der Waals surface area contributed by atoms with Crippen LogP contribution in [0.5, 0.6) is 0 Å². The zero-order valence-corrected chi connectivity index (χ0v) is 15.9. The van der Waals surface area contributed by atoms with E-state index in [0.29, 0.717) is 12.5 Å². The Morgan fingerprint density at radius 3 is 2.80 bits per heavy atom. The van der Waals surface area contributed by atoms with E-state index < -0.39 is 0 Å². The number of rotatable bonds is 5. The lowest BCUT2D eigenvalue weighted by atomic mass is 9.78. The lowest BCUT2D eigenvalue weighted by molar-refractivity contribution is -0.0835. The maximum Gasteiger partial charge on any atom is 0.190 e. The van der Waals surface area contributed by atoms with Crippen molar-refractivity contribution in [2.45, 2.75) is 46.1 Å². The highest BCUT2D eigenvalue weighted by molar-refractivity contribution is 5.79. The molecule has 1 aliphatic heterocycles. The van der Waals surface area contributed by atoms with Crippen LogP contribution in [0.2, 0.25) is 0 Å². The third-order valence-corrected chi connectivity index (χ3v) is 4.65. The average molecular weight is 349 g/mol. The van der Waals surface area contributed by atoms with Crippen molar-refractivity contribution in [3.05, 3.63) is 35.6 Å². The third kappa shape index (κ3) is 6.31. The average Bonchev–Trinajstić information content (AvgIpc) is 2.57. The van der Waals surface area contributed by atoms with Gasteiger partial charge in [0.25, 0.3) is 0 Å². The number of aliphatic imine (C=N–C) groups is 1. The number of nitrogens with zero attached hydrogens (tertiary/aromatic N) is 1. The summed E-state index contributed by atoms with van der Waals surface area (Å²) >= 11 is 0. The maximum atomic E-state index is 13.2. The second kappa shape index (κ2) is 9.18. The molecule has 0 aliphatic carbocycles. The first kappa shape index (κ1) is 19.7. The molecule has 0 amide bonds. The topological polar surface area (TPSA) is 45.7 Å². The van der Waals surface area contributed by atoms with Gasteiger partial charge in [0.2, 0.25) is 0 Å². The van der Waals surface area contributed by atoms with Crippen LogP contribution >= 0.6 is 0 Å². The van der Waals surface area contributed by atoms with Gasteiger partial charge in [-0.05, 0) is 42.4 Å². The van der Waals surface area contributed by atoms with Gasteiger partial charge >= 0.3 is 0 Å². The van der Waals surface area contributed by atoms with Gasteiger partial charge in [0.15, 0.2) is 5.96 Å². The first-order chi connectivity index (χ1) is 11.9. The molecular formula is C20H32FN3O. The number of benzene rings is 1. The quantitative estimate of drug-likeness (QED) is 0.633. The monoisotopic (exact) mass is 349 g/mol. The van der Waals surface area contributed by atoms with Gasteiger partial charge in [-0.25, -0.2) is 4.39 Å². The number of nitrogens with one attached hydrogen (secondary N) is 2. The van der Waals surface area contributed by atoms with E-state index in [-0.39, 0.29) is 17.3 Å². The Balaban J connectivity index is 1.79. The van der Waals surface area contributed by atoms with Crippen molar-refractivity contribution < 1.29 is 9.13 Å². The van der Waals surface area contributed by atoms with Crippen molar-refractivity contribution in [3.8, 4) is 0 Å². The largest absolute Gasteiger partial charge is 0.377 e. The Morgan fingerprint density at radius 2 is 2.12 bits per heavy atom. The third-order valence-electron chi connectivity index (χ3n) is 4.65. The second-order valence-corrected chi connectivity index (χ2v) is 7.82. The van der Waals surface area contributed by atoms with Crippen molar-refractivity contribution in [1.29, 1.82) is 0 Å². The Labute approximate surface area is 151 Å². The molecule has 140 valence electrons. The highest BCUT2D eigenvalue weighted by atomic mass is 19.1. The summed E-state index contributed by atoms with van der Waals surface area (Å²) in [5.41, 5.74) is 1.12. The van der Waals surface area contributed by atoms with Gasteiger partial charge in [-0.1, -0.05) is 32.9 Å². The SMILES string of the molecule is CN=C(NCCc1cccc(F)c1)NCC1CCCOC1C(C)(C)C. The molecule has 1 aromatic carbocycles. The highest BCUT2D eigenvalue weighted by Crippen LogP contribution is 2.33. The first-order valence-corrected chi connectivity index (χ1v) is 9.20. The molecular weight excluding hydrogens is 317 g/mol. The van der Waals surface area contributed by atoms with E-state index in [1.54, 1.807) is 19.2 Å².